The number of rotatable bonds is 7. The monoisotopic (exact) mass is 261 g/mol. The predicted molar refractivity (Wildman–Crippen MR) is 64.1 cm³/mol. The normalized spacial score (nSPS) is 13.8. The molecule has 1 rings (SSSR count). The molecule has 0 aliphatic carbocycles. The Morgan fingerprint density at radius 3 is 2.76 bits per heavy atom. The van der Waals surface area contributed by atoms with Gasteiger partial charge < -0.3 is 10.1 Å². The molecule has 1 unspecified atom stereocenters. The van der Waals surface area contributed by atoms with Gasteiger partial charge >= 0.3 is 0 Å². The summed E-state index contributed by atoms with van der Waals surface area (Å²) in [6.07, 6.45) is 2.52. The molecule has 0 radical (unpaired) electrons. The zero-order valence-corrected chi connectivity index (χ0v) is 10.9. The van der Waals surface area contributed by atoms with E-state index >= 15 is 0 Å². The minimum absolute atomic E-state index is 0.0698. The Balaban J connectivity index is 2.56. The summed E-state index contributed by atoms with van der Waals surface area (Å²) in [5.41, 5.74) is 0. The second-order valence-electron chi connectivity index (χ2n) is 3.80. The molecule has 0 fully saturated rings. The van der Waals surface area contributed by atoms with Crippen LogP contribution >= 0.6 is 0 Å². The van der Waals surface area contributed by atoms with Gasteiger partial charge in [0, 0.05) is 13.0 Å². The van der Waals surface area contributed by atoms with Gasteiger partial charge in [0.15, 0.2) is 5.03 Å². The smallest absolute Gasteiger partial charge is 0.257 e. The highest BCUT2D eigenvalue weighted by Crippen LogP contribution is 2.06. The zero-order chi connectivity index (χ0) is 12.9. The molecule has 0 aromatic carbocycles. The summed E-state index contributed by atoms with van der Waals surface area (Å²) in [6, 6.07) is 0. The molecule has 7 heteroatoms. The second kappa shape index (κ2) is 6.13. The van der Waals surface area contributed by atoms with Crippen LogP contribution < -0.4 is 4.72 Å². The van der Waals surface area contributed by atoms with Crippen LogP contribution in [0.1, 0.15) is 32.5 Å². The summed E-state index contributed by atoms with van der Waals surface area (Å²) in [6.45, 7) is 3.96. The lowest BCUT2D eigenvalue weighted by atomic mass is 10.2. The van der Waals surface area contributed by atoms with Crippen molar-refractivity contribution in [3.05, 3.63) is 12.0 Å². The molecule has 1 atom stereocenters. The predicted octanol–water partition coefficient (Wildman–Crippen LogP) is 0.411. The van der Waals surface area contributed by atoms with Crippen molar-refractivity contribution >= 4 is 10.0 Å². The number of imidazole rings is 1. The maximum absolute atomic E-state index is 11.8. The minimum atomic E-state index is -3.53. The molecule has 1 aromatic heterocycles. The van der Waals surface area contributed by atoms with Crippen LogP contribution in [0.5, 0.6) is 0 Å². The summed E-state index contributed by atoms with van der Waals surface area (Å²) < 4.78 is 26.0. The van der Waals surface area contributed by atoms with Crippen molar-refractivity contribution in [2.45, 2.75) is 44.2 Å². The minimum Gasteiger partial charge on any atom is -0.393 e. The van der Waals surface area contributed by atoms with E-state index in [2.05, 4.69) is 14.7 Å². The SMILES string of the molecule is CCc1ncc(S(=O)(=O)NCCC(O)CC)[nH]1. The van der Waals surface area contributed by atoms with Crippen LogP contribution in [0, 0.1) is 0 Å². The first-order valence-corrected chi connectivity index (χ1v) is 7.19. The van der Waals surface area contributed by atoms with E-state index in [1.165, 1.54) is 6.20 Å². The molecule has 1 heterocycles. The van der Waals surface area contributed by atoms with Crippen LogP contribution in [-0.4, -0.2) is 36.1 Å². The first kappa shape index (κ1) is 14.1. The molecule has 0 aliphatic rings. The highest BCUT2D eigenvalue weighted by Gasteiger charge is 2.16. The van der Waals surface area contributed by atoms with Gasteiger partial charge in [-0.3, -0.25) is 0 Å². The van der Waals surface area contributed by atoms with Crippen LogP contribution in [-0.2, 0) is 16.4 Å². The zero-order valence-electron chi connectivity index (χ0n) is 10.1. The van der Waals surface area contributed by atoms with E-state index in [9.17, 15) is 13.5 Å². The molecule has 0 saturated carbocycles. The third-order valence-electron chi connectivity index (χ3n) is 2.47. The van der Waals surface area contributed by atoms with Gasteiger partial charge in [0.1, 0.15) is 5.82 Å². The molecule has 1 aromatic rings. The summed E-state index contributed by atoms with van der Waals surface area (Å²) in [7, 11) is -3.53. The van der Waals surface area contributed by atoms with E-state index in [0.29, 0.717) is 25.1 Å². The molecule has 0 aliphatic heterocycles. The average molecular weight is 261 g/mol. The average Bonchev–Trinajstić information content (AvgIpc) is 2.77. The molecule has 0 spiro atoms. The lowest BCUT2D eigenvalue weighted by Crippen LogP contribution is -2.27. The fourth-order valence-electron chi connectivity index (χ4n) is 1.30. The molecule has 3 N–H and O–H groups in total. The Morgan fingerprint density at radius 2 is 2.24 bits per heavy atom. The van der Waals surface area contributed by atoms with Crippen molar-refractivity contribution < 1.29 is 13.5 Å². The van der Waals surface area contributed by atoms with Crippen molar-refractivity contribution in [1.82, 2.24) is 14.7 Å². The standard InChI is InChI=1S/C10H19N3O3S/c1-3-8(14)5-6-12-17(15,16)10-7-11-9(4-2)13-10/h7-8,12,14H,3-6H2,1-2H3,(H,11,13). The van der Waals surface area contributed by atoms with Gasteiger partial charge in [0.05, 0.1) is 12.3 Å². The molecular weight excluding hydrogens is 242 g/mol. The maximum Gasteiger partial charge on any atom is 0.257 e. The van der Waals surface area contributed by atoms with Gasteiger partial charge in [-0.15, -0.1) is 0 Å². The number of H-pyrrole nitrogens is 1. The first-order valence-electron chi connectivity index (χ1n) is 5.71. The van der Waals surface area contributed by atoms with E-state index < -0.39 is 16.1 Å². The third kappa shape index (κ3) is 4.10. The number of aliphatic hydroxyl groups excluding tert-OH is 1. The van der Waals surface area contributed by atoms with E-state index in [0.717, 1.165) is 0 Å². The van der Waals surface area contributed by atoms with E-state index in [-0.39, 0.29) is 11.6 Å². The van der Waals surface area contributed by atoms with E-state index in [1.807, 2.05) is 13.8 Å². The van der Waals surface area contributed by atoms with Crippen LogP contribution in [0.3, 0.4) is 0 Å². The summed E-state index contributed by atoms with van der Waals surface area (Å²) >= 11 is 0. The number of hydrogen-bond donors (Lipinski definition) is 3. The van der Waals surface area contributed by atoms with Crippen molar-refractivity contribution in [2.75, 3.05) is 6.54 Å². The molecule has 0 amide bonds. The van der Waals surface area contributed by atoms with Gasteiger partial charge in [-0.25, -0.2) is 18.1 Å². The van der Waals surface area contributed by atoms with Crippen LogP contribution in [0.2, 0.25) is 0 Å². The lowest BCUT2D eigenvalue weighted by Gasteiger charge is -2.08. The first-order chi connectivity index (χ1) is 7.99. The summed E-state index contributed by atoms with van der Waals surface area (Å²) in [5.74, 6) is 0.638. The topological polar surface area (TPSA) is 95.1 Å². The molecule has 6 nitrogen and oxygen atoms in total. The van der Waals surface area contributed by atoms with Gasteiger partial charge in [-0.2, -0.15) is 0 Å². The number of aliphatic hydroxyl groups is 1. The number of aromatic nitrogens is 2. The highest BCUT2D eigenvalue weighted by molar-refractivity contribution is 7.89. The summed E-state index contributed by atoms with van der Waals surface area (Å²) in [5, 5.41) is 9.38. The van der Waals surface area contributed by atoms with Crippen LogP contribution in [0.15, 0.2) is 11.2 Å². The van der Waals surface area contributed by atoms with Crippen molar-refractivity contribution in [1.29, 1.82) is 0 Å². The number of sulfonamides is 1. The Morgan fingerprint density at radius 1 is 1.53 bits per heavy atom. The Bertz CT molecular complexity index is 441. The lowest BCUT2D eigenvalue weighted by molar-refractivity contribution is 0.162. The van der Waals surface area contributed by atoms with Gasteiger partial charge in [-0.1, -0.05) is 13.8 Å². The van der Waals surface area contributed by atoms with Crippen molar-refractivity contribution in [3.63, 3.8) is 0 Å². The number of aryl methyl sites for hydroxylation is 1. The fourth-order valence-corrected chi connectivity index (χ4v) is 2.29. The highest BCUT2D eigenvalue weighted by atomic mass is 32.2. The van der Waals surface area contributed by atoms with Crippen LogP contribution in [0.4, 0.5) is 0 Å². The van der Waals surface area contributed by atoms with Gasteiger partial charge in [0.2, 0.25) is 0 Å². The Kier molecular flexibility index (Phi) is 5.10. The van der Waals surface area contributed by atoms with E-state index in [4.69, 9.17) is 0 Å². The number of hydrogen-bond acceptors (Lipinski definition) is 4. The van der Waals surface area contributed by atoms with Gasteiger partial charge in [0.25, 0.3) is 10.0 Å². The number of nitrogens with zero attached hydrogens (tertiary/aromatic N) is 1. The molecule has 0 bridgehead atoms. The Labute approximate surface area is 102 Å². The summed E-state index contributed by atoms with van der Waals surface area (Å²) in [4.78, 5) is 6.67. The Hall–Kier alpha value is -0.920. The van der Waals surface area contributed by atoms with Crippen molar-refractivity contribution in [3.8, 4) is 0 Å². The molecule has 0 saturated heterocycles. The molecular formula is C10H19N3O3S. The maximum atomic E-state index is 11.8. The molecule has 98 valence electrons. The number of aromatic amines is 1. The van der Waals surface area contributed by atoms with Crippen LogP contribution in [0.25, 0.3) is 0 Å². The van der Waals surface area contributed by atoms with Crippen molar-refractivity contribution in [2.24, 2.45) is 0 Å². The second-order valence-corrected chi connectivity index (χ2v) is 5.53. The van der Waals surface area contributed by atoms with E-state index in [1.54, 1.807) is 0 Å². The molecule has 17 heavy (non-hydrogen) atoms. The number of nitrogens with one attached hydrogen (secondary N) is 2. The largest absolute Gasteiger partial charge is 0.393 e. The quantitative estimate of drug-likeness (QED) is 0.662. The third-order valence-corrected chi connectivity index (χ3v) is 3.84. The fraction of sp³-hybridized carbons (Fsp3) is 0.700. The van der Waals surface area contributed by atoms with Gasteiger partial charge in [-0.05, 0) is 12.8 Å².